The lowest BCUT2D eigenvalue weighted by molar-refractivity contribution is -0.125. The quantitative estimate of drug-likeness (QED) is 0.779. The number of rotatable bonds is 3. The molecule has 0 radical (unpaired) electrons. The molecule has 31 heavy (non-hydrogen) atoms. The highest BCUT2D eigenvalue weighted by molar-refractivity contribution is 5.94. The number of amides is 2. The second-order valence-corrected chi connectivity index (χ2v) is 9.38. The van der Waals surface area contributed by atoms with Gasteiger partial charge in [0.05, 0.1) is 0 Å². The van der Waals surface area contributed by atoms with Crippen LogP contribution in [-0.4, -0.2) is 34.8 Å². The molecule has 1 saturated heterocycles. The monoisotopic (exact) mass is 411 g/mol. The molecule has 5 nitrogen and oxygen atoms in total. The molecule has 1 N–H and O–H groups in total. The molecule has 1 aromatic heterocycles. The van der Waals surface area contributed by atoms with Crippen molar-refractivity contribution in [1.82, 2.24) is 9.88 Å². The molecule has 1 aromatic carbocycles. The topological polar surface area (TPSA) is 62.3 Å². The lowest BCUT2D eigenvalue weighted by Crippen LogP contribution is -2.27. The molecule has 5 heteroatoms. The van der Waals surface area contributed by atoms with Crippen LogP contribution in [-0.2, 0) is 16.0 Å². The molecule has 3 atom stereocenters. The second-order valence-electron chi connectivity index (χ2n) is 9.38. The number of fused-ring (bicyclic) bond motifs is 1. The van der Waals surface area contributed by atoms with Crippen LogP contribution in [0.1, 0.15) is 36.0 Å². The lowest BCUT2D eigenvalue weighted by Gasteiger charge is -2.24. The third-order valence-corrected chi connectivity index (χ3v) is 7.53. The van der Waals surface area contributed by atoms with E-state index in [1.54, 1.807) is 12.3 Å². The van der Waals surface area contributed by atoms with Crippen molar-refractivity contribution < 1.29 is 9.59 Å². The van der Waals surface area contributed by atoms with Gasteiger partial charge in [0.15, 0.2) is 0 Å². The molecule has 2 aliphatic heterocycles. The fourth-order valence-corrected chi connectivity index (χ4v) is 5.74. The molecule has 0 bridgehead atoms. The Labute approximate surface area is 181 Å². The van der Waals surface area contributed by atoms with Gasteiger partial charge in [-0.05, 0) is 70.9 Å². The Morgan fingerprint density at radius 1 is 1.23 bits per heavy atom. The summed E-state index contributed by atoms with van der Waals surface area (Å²) in [7, 11) is 0. The Kier molecular flexibility index (Phi) is 4.13. The van der Waals surface area contributed by atoms with Crippen molar-refractivity contribution in [3.8, 4) is 0 Å². The van der Waals surface area contributed by atoms with E-state index in [1.807, 2.05) is 17.0 Å². The lowest BCUT2D eigenvalue weighted by atomic mass is 9.79. The number of likely N-dealkylation sites (tertiary alicyclic amines) is 1. The number of carbonyl (C=O) groups is 2. The van der Waals surface area contributed by atoms with E-state index in [-0.39, 0.29) is 11.8 Å². The summed E-state index contributed by atoms with van der Waals surface area (Å²) in [5, 5.41) is 2.80. The van der Waals surface area contributed by atoms with Gasteiger partial charge in [0.2, 0.25) is 11.8 Å². The minimum atomic E-state index is 0.0108. The normalized spacial score (nSPS) is 28.5. The van der Waals surface area contributed by atoms with Gasteiger partial charge < -0.3 is 10.2 Å². The summed E-state index contributed by atoms with van der Waals surface area (Å²) in [6.07, 6.45) is 11.2. The molecule has 3 unspecified atom stereocenters. The molecule has 6 rings (SSSR count). The summed E-state index contributed by atoms with van der Waals surface area (Å²) in [6.45, 7) is 1.72. The van der Waals surface area contributed by atoms with Gasteiger partial charge in [-0.1, -0.05) is 36.4 Å². The SMILES string of the molecule is O=C1CCc2cc(/C=C/C(=O)N3CC4CC(c5ccccc5)=CC5CC54C3)cnc2N1. The van der Waals surface area contributed by atoms with E-state index in [1.165, 1.54) is 17.6 Å². The van der Waals surface area contributed by atoms with E-state index in [0.29, 0.717) is 35.9 Å². The summed E-state index contributed by atoms with van der Waals surface area (Å²) in [5.74, 6) is 1.91. The van der Waals surface area contributed by atoms with Crippen molar-refractivity contribution in [2.45, 2.75) is 25.7 Å². The zero-order valence-corrected chi connectivity index (χ0v) is 17.4. The Bertz CT molecular complexity index is 1140. The molecular formula is C26H25N3O2. The first kappa shape index (κ1) is 18.6. The smallest absolute Gasteiger partial charge is 0.246 e. The Hall–Kier alpha value is -3.21. The highest BCUT2D eigenvalue weighted by atomic mass is 16.2. The first-order chi connectivity index (χ1) is 15.1. The van der Waals surface area contributed by atoms with Gasteiger partial charge in [-0.2, -0.15) is 0 Å². The van der Waals surface area contributed by atoms with Crippen molar-refractivity contribution in [3.63, 3.8) is 0 Å². The number of aromatic nitrogens is 1. The fourth-order valence-electron chi connectivity index (χ4n) is 5.74. The van der Waals surface area contributed by atoms with E-state index in [0.717, 1.165) is 30.6 Å². The minimum Gasteiger partial charge on any atom is -0.338 e. The first-order valence-corrected chi connectivity index (χ1v) is 11.1. The van der Waals surface area contributed by atoms with Crippen LogP contribution < -0.4 is 5.32 Å². The fraction of sp³-hybridized carbons (Fsp3) is 0.346. The van der Waals surface area contributed by atoms with E-state index in [4.69, 9.17) is 0 Å². The summed E-state index contributed by atoms with van der Waals surface area (Å²) in [5.41, 5.74) is 5.01. The van der Waals surface area contributed by atoms with Crippen molar-refractivity contribution in [3.05, 3.63) is 71.4 Å². The zero-order chi connectivity index (χ0) is 21.0. The van der Waals surface area contributed by atoms with Gasteiger partial charge in [0, 0.05) is 31.8 Å². The van der Waals surface area contributed by atoms with Crippen LogP contribution in [0.4, 0.5) is 5.82 Å². The number of hydrogen-bond acceptors (Lipinski definition) is 3. The highest BCUT2D eigenvalue weighted by Crippen LogP contribution is 2.66. The number of benzene rings is 1. The average molecular weight is 412 g/mol. The van der Waals surface area contributed by atoms with Crippen molar-refractivity contribution >= 4 is 29.3 Å². The second kappa shape index (κ2) is 6.91. The van der Waals surface area contributed by atoms with E-state index >= 15 is 0 Å². The number of hydrogen-bond donors (Lipinski definition) is 1. The molecule has 2 aliphatic carbocycles. The van der Waals surface area contributed by atoms with Crippen molar-refractivity contribution in [2.24, 2.45) is 17.3 Å². The van der Waals surface area contributed by atoms with E-state index in [2.05, 4.69) is 46.7 Å². The molecular weight excluding hydrogens is 386 g/mol. The van der Waals surface area contributed by atoms with Crippen LogP contribution in [0.15, 0.2) is 54.7 Å². The van der Waals surface area contributed by atoms with Gasteiger partial charge in [0.1, 0.15) is 5.82 Å². The van der Waals surface area contributed by atoms with E-state index in [9.17, 15) is 9.59 Å². The highest BCUT2D eigenvalue weighted by Gasteiger charge is 2.63. The van der Waals surface area contributed by atoms with Gasteiger partial charge >= 0.3 is 0 Å². The number of allylic oxidation sites excluding steroid dienone is 2. The molecule has 4 aliphatic rings. The molecule has 2 fully saturated rings. The summed E-state index contributed by atoms with van der Waals surface area (Å²) < 4.78 is 0. The van der Waals surface area contributed by atoms with Crippen molar-refractivity contribution in [2.75, 3.05) is 18.4 Å². The summed E-state index contributed by atoms with van der Waals surface area (Å²) in [4.78, 5) is 30.8. The zero-order valence-electron chi connectivity index (χ0n) is 17.4. The maximum absolute atomic E-state index is 13.0. The predicted molar refractivity (Wildman–Crippen MR) is 120 cm³/mol. The van der Waals surface area contributed by atoms with Crippen LogP contribution in [0.2, 0.25) is 0 Å². The molecule has 1 saturated carbocycles. The van der Waals surface area contributed by atoms with Crippen molar-refractivity contribution in [1.29, 1.82) is 0 Å². The Morgan fingerprint density at radius 3 is 2.97 bits per heavy atom. The summed E-state index contributed by atoms with van der Waals surface area (Å²) in [6, 6.07) is 12.7. The Morgan fingerprint density at radius 2 is 2.10 bits per heavy atom. The molecule has 156 valence electrons. The molecule has 2 amide bonds. The van der Waals surface area contributed by atoms with Gasteiger partial charge in [-0.15, -0.1) is 0 Å². The van der Waals surface area contributed by atoms with Gasteiger partial charge in [-0.3, -0.25) is 9.59 Å². The standard InChI is InChI=1S/C26H25N3O2/c30-23-8-7-19-10-17(14-27-25(19)28-23)6-9-24(31)29-15-22-12-20(18-4-2-1-3-5-18)11-21-13-26(21,22)16-29/h1-6,9-11,14,21-22H,7-8,12-13,15-16H2,(H,27,28,30)/b9-6+. The van der Waals surface area contributed by atoms with E-state index < -0.39 is 0 Å². The minimum absolute atomic E-state index is 0.0108. The predicted octanol–water partition coefficient (Wildman–Crippen LogP) is 3.93. The number of nitrogens with one attached hydrogen (secondary N) is 1. The largest absolute Gasteiger partial charge is 0.338 e. The van der Waals surface area contributed by atoms with Gasteiger partial charge in [0.25, 0.3) is 0 Å². The van der Waals surface area contributed by atoms with Crippen LogP contribution >= 0.6 is 0 Å². The number of anilines is 1. The van der Waals surface area contributed by atoms with Crippen LogP contribution in [0.5, 0.6) is 0 Å². The maximum Gasteiger partial charge on any atom is 0.246 e. The van der Waals surface area contributed by atoms with Crippen LogP contribution in [0, 0.1) is 17.3 Å². The number of pyridine rings is 1. The molecule has 2 aromatic rings. The van der Waals surface area contributed by atoms with Gasteiger partial charge in [-0.25, -0.2) is 4.98 Å². The number of nitrogens with zero attached hydrogens (tertiary/aromatic N) is 2. The average Bonchev–Trinajstić information content (AvgIpc) is 3.39. The molecule has 1 spiro atoms. The summed E-state index contributed by atoms with van der Waals surface area (Å²) >= 11 is 0. The third-order valence-electron chi connectivity index (χ3n) is 7.53. The van der Waals surface area contributed by atoms with Crippen LogP contribution in [0.3, 0.4) is 0 Å². The Balaban J connectivity index is 1.14. The number of carbonyl (C=O) groups excluding carboxylic acids is 2. The third kappa shape index (κ3) is 3.19. The first-order valence-electron chi connectivity index (χ1n) is 11.1. The van der Waals surface area contributed by atoms with Crippen LogP contribution in [0.25, 0.3) is 11.6 Å². The number of aryl methyl sites for hydroxylation is 1. The maximum atomic E-state index is 13.0. The molecule has 3 heterocycles.